The van der Waals surface area contributed by atoms with Gasteiger partial charge in [0.25, 0.3) is 0 Å². The first-order valence-electron chi connectivity index (χ1n) is 4.09. The first-order chi connectivity index (χ1) is 5.99. The molecule has 0 saturated carbocycles. The van der Waals surface area contributed by atoms with Gasteiger partial charge in [-0.3, -0.25) is 9.59 Å². The predicted molar refractivity (Wildman–Crippen MR) is 47.8 cm³/mol. The van der Waals surface area contributed by atoms with Crippen LogP contribution in [0, 0.1) is 5.92 Å². The van der Waals surface area contributed by atoms with E-state index in [0.29, 0.717) is 0 Å². The Labute approximate surface area is 77.6 Å². The van der Waals surface area contributed by atoms with Crippen LogP contribution in [0.2, 0.25) is 0 Å². The highest BCUT2D eigenvalue weighted by Gasteiger charge is 2.17. The molecule has 0 radical (unpaired) electrons. The maximum Gasteiger partial charge on any atom is 0.325 e. The highest BCUT2D eigenvalue weighted by atomic mass is 16.5. The van der Waals surface area contributed by atoms with Crippen LogP contribution in [-0.2, 0) is 14.3 Å². The van der Waals surface area contributed by atoms with Crippen LogP contribution < -0.4 is 11.1 Å². The summed E-state index contributed by atoms with van der Waals surface area (Å²) in [5.74, 6) is -0.762. The molecule has 76 valence electrons. The number of rotatable bonds is 4. The Balaban J connectivity index is 3.81. The van der Waals surface area contributed by atoms with E-state index in [1.54, 1.807) is 0 Å². The van der Waals surface area contributed by atoms with Crippen LogP contribution in [-0.4, -0.2) is 31.6 Å². The van der Waals surface area contributed by atoms with E-state index in [1.807, 2.05) is 13.8 Å². The average molecular weight is 188 g/mol. The van der Waals surface area contributed by atoms with Gasteiger partial charge in [0.2, 0.25) is 5.91 Å². The Morgan fingerprint density at radius 2 is 2.00 bits per heavy atom. The van der Waals surface area contributed by atoms with E-state index in [9.17, 15) is 9.59 Å². The highest BCUT2D eigenvalue weighted by Crippen LogP contribution is 1.97. The van der Waals surface area contributed by atoms with Crippen molar-refractivity contribution in [3.8, 4) is 0 Å². The smallest absolute Gasteiger partial charge is 0.325 e. The summed E-state index contributed by atoms with van der Waals surface area (Å²) in [7, 11) is 1.26. The third-order valence-corrected chi connectivity index (χ3v) is 1.66. The number of methoxy groups -OCH3 is 1. The largest absolute Gasteiger partial charge is 0.468 e. The highest BCUT2D eigenvalue weighted by molar-refractivity contribution is 5.85. The van der Waals surface area contributed by atoms with Gasteiger partial charge in [-0.25, -0.2) is 0 Å². The molecule has 0 spiro atoms. The summed E-state index contributed by atoms with van der Waals surface area (Å²) in [4.78, 5) is 21.8. The van der Waals surface area contributed by atoms with Gasteiger partial charge in [-0.1, -0.05) is 13.8 Å². The van der Waals surface area contributed by atoms with Crippen LogP contribution in [0.3, 0.4) is 0 Å². The first kappa shape index (κ1) is 11.9. The SMILES string of the molecule is COC(=O)CNC(=O)[C@@H](N)C(C)C. The summed E-state index contributed by atoms with van der Waals surface area (Å²) in [6.45, 7) is 3.54. The zero-order chi connectivity index (χ0) is 10.4. The lowest BCUT2D eigenvalue weighted by Crippen LogP contribution is -2.45. The minimum absolute atomic E-state index is 0.0534. The van der Waals surface area contributed by atoms with Crippen molar-refractivity contribution in [1.82, 2.24) is 5.32 Å². The predicted octanol–water partition coefficient (Wildman–Crippen LogP) is -0.741. The summed E-state index contributed by atoms with van der Waals surface area (Å²) in [6, 6.07) is -0.579. The molecule has 0 aromatic rings. The summed E-state index contributed by atoms with van der Waals surface area (Å²) in [5.41, 5.74) is 5.52. The van der Waals surface area contributed by atoms with Crippen molar-refractivity contribution in [2.75, 3.05) is 13.7 Å². The summed E-state index contributed by atoms with van der Waals surface area (Å²) in [6.07, 6.45) is 0. The van der Waals surface area contributed by atoms with E-state index >= 15 is 0 Å². The Morgan fingerprint density at radius 3 is 2.38 bits per heavy atom. The number of amides is 1. The molecule has 0 unspecified atom stereocenters. The molecule has 0 bridgehead atoms. The fraction of sp³-hybridized carbons (Fsp3) is 0.750. The fourth-order valence-electron chi connectivity index (χ4n) is 0.652. The summed E-state index contributed by atoms with van der Waals surface area (Å²) >= 11 is 0. The molecule has 0 heterocycles. The number of ether oxygens (including phenoxy) is 1. The van der Waals surface area contributed by atoms with Crippen molar-refractivity contribution in [1.29, 1.82) is 0 Å². The van der Waals surface area contributed by atoms with Crippen molar-refractivity contribution in [2.24, 2.45) is 11.7 Å². The van der Waals surface area contributed by atoms with Gasteiger partial charge in [-0.15, -0.1) is 0 Å². The number of nitrogens with one attached hydrogen (secondary N) is 1. The van der Waals surface area contributed by atoms with E-state index in [0.717, 1.165) is 0 Å². The van der Waals surface area contributed by atoms with Gasteiger partial charge in [0.15, 0.2) is 0 Å². The van der Waals surface area contributed by atoms with Gasteiger partial charge in [-0.2, -0.15) is 0 Å². The number of nitrogens with two attached hydrogens (primary N) is 1. The average Bonchev–Trinajstić information content (AvgIpc) is 2.11. The van der Waals surface area contributed by atoms with E-state index in [1.165, 1.54) is 7.11 Å². The first-order valence-corrected chi connectivity index (χ1v) is 4.09. The minimum atomic E-state index is -0.579. The maximum atomic E-state index is 11.2. The zero-order valence-corrected chi connectivity index (χ0v) is 8.16. The second-order valence-electron chi connectivity index (χ2n) is 3.06. The lowest BCUT2D eigenvalue weighted by molar-refractivity contribution is -0.141. The molecule has 0 aliphatic carbocycles. The number of carbonyl (C=O) groups excluding carboxylic acids is 2. The lowest BCUT2D eigenvalue weighted by atomic mass is 10.1. The standard InChI is InChI=1S/C8H16N2O3/c1-5(2)7(9)8(12)10-4-6(11)13-3/h5,7H,4,9H2,1-3H3,(H,10,12)/t7-/m0/s1. The summed E-state index contributed by atoms with van der Waals surface area (Å²) < 4.78 is 4.35. The number of hydrogen-bond donors (Lipinski definition) is 2. The third kappa shape index (κ3) is 4.47. The van der Waals surface area contributed by atoms with Crippen molar-refractivity contribution < 1.29 is 14.3 Å². The van der Waals surface area contributed by atoms with Crippen LogP contribution in [0.15, 0.2) is 0 Å². The summed E-state index contributed by atoms with van der Waals surface area (Å²) in [5, 5.41) is 2.38. The van der Waals surface area contributed by atoms with E-state index in [-0.39, 0.29) is 18.4 Å². The number of carbonyl (C=O) groups is 2. The molecular formula is C8H16N2O3. The van der Waals surface area contributed by atoms with Crippen LogP contribution in [0.1, 0.15) is 13.8 Å². The Kier molecular flexibility index (Phi) is 5.06. The van der Waals surface area contributed by atoms with Crippen LogP contribution in [0.25, 0.3) is 0 Å². The van der Waals surface area contributed by atoms with Crippen molar-refractivity contribution >= 4 is 11.9 Å². The van der Waals surface area contributed by atoms with E-state index < -0.39 is 12.0 Å². The van der Waals surface area contributed by atoms with Crippen molar-refractivity contribution in [3.05, 3.63) is 0 Å². The Morgan fingerprint density at radius 1 is 1.46 bits per heavy atom. The normalized spacial score (nSPS) is 12.4. The molecule has 3 N–H and O–H groups in total. The zero-order valence-electron chi connectivity index (χ0n) is 8.16. The molecular weight excluding hydrogens is 172 g/mol. The topological polar surface area (TPSA) is 81.4 Å². The van der Waals surface area contributed by atoms with Crippen molar-refractivity contribution in [2.45, 2.75) is 19.9 Å². The molecule has 13 heavy (non-hydrogen) atoms. The van der Waals surface area contributed by atoms with Gasteiger partial charge >= 0.3 is 5.97 Å². The lowest BCUT2D eigenvalue weighted by Gasteiger charge is -2.14. The molecule has 5 nitrogen and oxygen atoms in total. The molecule has 0 rings (SSSR count). The quantitative estimate of drug-likeness (QED) is 0.569. The molecule has 0 aromatic carbocycles. The van der Waals surface area contributed by atoms with Gasteiger partial charge in [0, 0.05) is 0 Å². The molecule has 0 fully saturated rings. The monoisotopic (exact) mass is 188 g/mol. The Hall–Kier alpha value is -1.10. The number of hydrogen-bond acceptors (Lipinski definition) is 4. The second kappa shape index (κ2) is 5.53. The molecule has 0 aliphatic heterocycles. The van der Waals surface area contributed by atoms with E-state index in [2.05, 4.69) is 10.1 Å². The van der Waals surface area contributed by atoms with Gasteiger partial charge in [0.05, 0.1) is 13.2 Å². The van der Waals surface area contributed by atoms with Gasteiger partial charge in [0.1, 0.15) is 6.54 Å². The number of esters is 1. The molecule has 1 atom stereocenters. The second-order valence-corrected chi connectivity index (χ2v) is 3.06. The molecule has 0 saturated heterocycles. The molecule has 1 amide bonds. The fourth-order valence-corrected chi connectivity index (χ4v) is 0.652. The maximum absolute atomic E-state index is 11.2. The van der Waals surface area contributed by atoms with Crippen LogP contribution in [0.4, 0.5) is 0 Å². The van der Waals surface area contributed by atoms with Crippen LogP contribution in [0.5, 0.6) is 0 Å². The minimum Gasteiger partial charge on any atom is -0.468 e. The van der Waals surface area contributed by atoms with E-state index in [4.69, 9.17) is 5.73 Å². The third-order valence-electron chi connectivity index (χ3n) is 1.66. The molecule has 0 aromatic heterocycles. The van der Waals surface area contributed by atoms with Gasteiger partial charge in [-0.05, 0) is 5.92 Å². The van der Waals surface area contributed by atoms with Gasteiger partial charge < -0.3 is 15.8 Å². The molecule has 5 heteroatoms. The molecule has 0 aliphatic rings. The Bertz CT molecular complexity index is 192. The van der Waals surface area contributed by atoms with Crippen LogP contribution >= 0.6 is 0 Å². The van der Waals surface area contributed by atoms with Crippen molar-refractivity contribution in [3.63, 3.8) is 0 Å².